The summed E-state index contributed by atoms with van der Waals surface area (Å²) in [6, 6.07) is 11.8. The average molecular weight is 268 g/mol. The molecule has 0 N–H and O–H groups in total. The van der Waals surface area contributed by atoms with Crippen LogP contribution in [0.4, 0.5) is 0 Å². The van der Waals surface area contributed by atoms with Crippen LogP contribution in [0.15, 0.2) is 36.4 Å². The molecule has 2 aromatic rings. The van der Waals surface area contributed by atoms with Crippen molar-refractivity contribution in [3.63, 3.8) is 0 Å². The van der Waals surface area contributed by atoms with E-state index in [1.807, 2.05) is 32.0 Å². The van der Waals surface area contributed by atoms with Crippen molar-refractivity contribution in [2.75, 3.05) is 0 Å². The number of aryl methyl sites for hydroxylation is 2. The molecule has 0 bridgehead atoms. The fourth-order valence-corrected chi connectivity index (χ4v) is 2.41. The maximum absolute atomic E-state index is 11.1. The monoisotopic (exact) mass is 268 g/mol. The number of hydrogen-bond donors (Lipinski definition) is 0. The molecule has 0 heterocycles. The molecule has 0 aliphatic carbocycles. The zero-order chi connectivity index (χ0) is 14.7. The Kier molecular flexibility index (Phi) is 4.23. The first kappa shape index (κ1) is 14.3. The molecular formula is C18H20O2. The summed E-state index contributed by atoms with van der Waals surface area (Å²) in [7, 11) is 0. The largest absolute Gasteiger partial charge is 0.490 e. The van der Waals surface area contributed by atoms with E-state index in [1.54, 1.807) is 6.07 Å². The molecule has 20 heavy (non-hydrogen) atoms. The molecule has 0 fully saturated rings. The third kappa shape index (κ3) is 2.90. The molecule has 0 aliphatic rings. The summed E-state index contributed by atoms with van der Waals surface area (Å²) in [6.45, 7) is 8.16. The van der Waals surface area contributed by atoms with E-state index in [2.05, 4.69) is 26.0 Å². The molecule has 0 aliphatic heterocycles. The molecule has 0 aromatic heterocycles. The minimum absolute atomic E-state index is 0.0974. The van der Waals surface area contributed by atoms with Crippen LogP contribution in [-0.2, 0) is 0 Å². The highest BCUT2D eigenvalue weighted by Crippen LogP contribution is 2.35. The van der Waals surface area contributed by atoms with Gasteiger partial charge in [0, 0.05) is 11.1 Å². The maximum Gasteiger partial charge on any atom is 0.150 e. The Balaban J connectivity index is 2.66. The van der Waals surface area contributed by atoms with Gasteiger partial charge in [-0.15, -0.1) is 0 Å². The van der Waals surface area contributed by atoms with Crippen LogP contribution in [0.25, 0.3) is 11.1 Å². The van der Waals surface area contributed by atoms with Crippen LogP contribution in [0, 0.1) is 13.8 Å². The zero-order valence-corrected chi connectivity index (χ0v) is 12.4. The first-order valence-electron chi connectivity index (χ1n) is 6.85. The molecule has 0 radical (unpaired) electrons. The zero-order valence-electron chi connectivity index (χ0n) is 12.4. The van der Waals surface area contributed by atoms with E-state index < -0.39 is 0 Å². The van der Waals surface area contributed by atoms with Gasteiger partial charge in [-0.1, -0.05) is 18.2 Å². The fourth-order valence-electron chi connectivity index (χ4n) is 2.41. The average Bonchev–Trinajstić information content (AvgIpc) is 2.39. The quantitative estimate of drug-likeness (QED) is 0.759. The lowest BCUT2D eigenvalue weighted by atomic mass is 9.94. The summed E-state index contributed by atoms with van der Waals surface area (Å²) in [5, 5.41) is 0. The second-order valence-corrected chi connectivity index (χ2v) is 5.31. The number of aldehydes is 1. The second kappa shape index (κ2) is 5.91. The Morgan fingerprint density at radius 1 is 1.05 bits per heavy atom. The summed E-state index contributed by atoms with van der Waals surface area (Å²) in [4.78, 5) is 11.1. The third-order valence-corrected chi connectivity index (χ3v) is 3.25. The molecule has 2 rings (SSSR count). The van der Waals surface area contributed by atoms with Crippen molar-refractivity contribution >= 4 is 6.29 Å². The van der Waals surface area contributed by atoms with E-state index in [0.717, 1.165) is 23.2 Å². The smallest absolute Gasteiger partial charge is 0.150 e. The Hall–Kier alpha value is -2.09. The van der Waals surface area contributed by atoms with Crippen LogP contribution in [0.2, 0.25) is 0 Å². The maximum atomic E-state index is 11.1. The molecule has 0 spiro atoms. The normalized spacial score (nSPS) is 10.7. The molecule has 0 amide bonds. The predicted octanol–water partition coefficient (Wildman–Crippen LogP) is 4.57. The van der Waals surface area contributed by atoms with Crippen molar-refractivity contribution in [2.24, 2.45) is 0 Å². The van der Waals surface area contributed by atoms with Crippen molar-refractivity contribution in [1.29, 1.82) is 0 Å². The molecule has 104 valence electrons. The number of rotatable bonds is 4. The molecular weight excluding hydrogens is 248 g/mol. The van der Waals surface area contributed by atoms with Gasteiger partial charge in [0.05, 0.1) is 6.10 Å². The second-order valence-electron chi connectivity index (χ2n) is 5.31. The predicted molar refractivity (Wildman–Crippen MR) is 82.5 cm³/mol. The van der Waals surface area contributed by atoms with Gasteiger partial charge in [-0.3, -0.25) is 4.79 Å². The topological polar surface area (TPSA) is 26.3 Å². The van der Waals surface area contributed by atoms with Gasteiger partial charge >= 0.3 is 0 Å². The highest BCUT2D eigenvalue weighted by molar-refractivity contribution is 5.83. The van der Waals surface area contributed by atoms with Gasteiger partial charge in [-0.2, -0.15) is 0 Å². The number of carbonyl (C=O) groups is 1. The summed E-state index contributed by atoms with van der Waals surface area (Å²) in [6.07, 6.45) is 0.969. The lowest BCUT2D eigenvalue weighted by molar-refractivity contribution is 0.112. The molecule has 0 atom stereocenters. The lowest BCUT2D eigenvalue weighted by Crippen LogP contribution is -2.07. The Bertz CT molecular complexity index is 607. The van der Waals surface area contributed by atoms with Gasteiger partial charge in [0.2, 0.25) is 0 Å². The van der Waals surface area contributed by atoms with Crippen molar-refractivity contribution in [3.05, 3.63) is 53.1 Å². The molecule has 0 unspecified atom stereocenters. The highest BCUT2D eigenvalue weighted by atomic mass is 16.5. The number of benzene rings is 2. The number of ether oxygens (including phenoxy) is 1. The molecule has 0 saturated carbocycles. The SMILES string of the molecule is Cc1cccc(C)c1-c1cc(C=O)ccc1OC(C)C. The van der Waals surface area contributed by atoms with Gasteiger partial charge in [0.25, 0.3) is 0 Å². The van der Waals surface area contributed by atoms with Gasteiger partial charge < -0.3 is 4.74 Å². The van der Waals surface area contributed by atoms with Crippen LogP contribution in [0.1, 0.15) is 35.3 Å². The van der Waals surface area contributed by atoms with Crippen LogP contribution >= 0.6 is 0 Å². The standard InChI is InChI=1S/C18H20O2/c1-12(2)20-17-9-8-15(11-19)10-16(17)18-13(3)6-5-7-14(18)4/h5-12H,1-4H3. The minimum atomic E-state index is 0.0974. The van der Waals surface area contributed by atoms with E-state index in [4.69, 9.17) is 4.74 Å². The molecule has 0 saturated heterocycles. The van der Waals surface area contributed by atoms with Gasteiger partial charge in [-0.05, 0) is 62.6 Å². The third-order valence-electron chi connectivity index (χ3n) is 3.25. The highest BCUT2D eigenvalue weighted by Gasteiger charge is 2.13. The van der Waals surface area contributed by atoms with E-state index in [-0.39, 0.29) is 6.10 Å². The first-order chi connectivity index (χ1) is 9.52. The summed E-state index contributed by atoms with van der Waals surface area (Å²) < 4.78 is 5.89. The van der Waals surface area contributed by atoms with Crippen molar-refractivity contribution in [3.8, 4) is 16.9 Å². The summed E-state index contributed by atoms with van der Waals surface area (Å²) >= 11 is 0. The van der Waals surface area contributed by atoms with Gasteiger partial charge in [0.15, 0.2) is 0 Å². The summed E-state index contributed by atoms with van der Waals surface area (Å²) in [5.41, 5.74) is 5.16. The summed E-state index contributed by atoms with van der Waals surface area (Å²) in [5.74, 6) is 0.822. The van der Waals surface area contributed by atoms with Crippen molar-refractivity contribution in [2.45, 2.75) is 33.8 Å². The van der Waals surface area contributed by atoms with E-state index >= 15 is 0 Å². The van der Waals surface area contributed by atoms with Gasteiger partial charge in [0.1, 0.15) is 12.0 Å². The molecule has 2 nitrogen and oxygen atoms in total. The van der Waals surface area contributed by atoms with Crippen LogP contribution < -0.4 is 4.74 Å². The minimum Gasteiger partial charge on any atom is -0.490 e. The van der Waals surface area contributed by atoms with Crippen LogP contribution in [0.5, 0.6) is 5.75 Å². The van der Waals surface area contributed by atoms with Gasteiger partial charge in [-0.25, -0.2) is 0 Å². The number of carbonyl (C=O) groups excluding carboxylic acids is 1. The van der Waals surface area contributed by atoms with E-state index in [9.17, 15) is 4.79 Å². The molecule has 2 aromatic carbocycles. The number of hydrogen-bond acceptors (Lipinski definition) is 2. The van der Waals surface area contributed by atoms with E-state index in [1.165, 1.54) is 11.1 Å². The molecule has 2 heteroatoms. The van der Waals surface area contributed by atoms with Crippen molar-refractivity contribution in [1.82, 2.24) is 0 Å². The lowest BCUT2D eigenvalue weighted by Gasteiger charge is -2.17. The Morgan fingerprint density at radius 2 is 1.70 bits per heavy atom. The Morgan fingerprint density at radius 3 is 2.25 bits per heavy atom. The van der Waals surface area contributed by atoms with Crippen LogP contribution in [0.3, 0.4) is 0 Å². The Labute approximate surface area is 120 Å². The van der Waals surface area contributed by atoms with Crippen molar-refractivity contribution < 1.29 is 9.53 Å². The first-order valence-corrected chi connectivity index (χ1v) is 6.85. The fraction of sp³-hybridized carbons (Fsp3) is 0.278. The van der Waals surface area contributed by atoms with E-state index in [0.29, 0.717) is 5.56 Å². The van der Waals surface area contributed by atoms with Crippen LogP contribution in [-0.4, -0.2) is 12.4 Å².